The third-order valence-electron chi connectivity index (χ3n) is 17.5. The summed E-state index contributed by atoms with van der Waals surface area (Å²) in [5.74, 6) is -1.34. The summed E-state index contributed by atoms with van der Waals surface area (Å²) in [6.07, 6.45) is 56.7. The molecule has 3 N–H and O–H groups in total. The maximum Gasteiger partial charge on any atom is 0.472 e. The third-order valence-corrected chi connectivity index (χ3v) is 19.4. The normalized spacial score (nSPS) is 14.0. The van der Waals surface area contributed by atoms with Crippen LogP contribution in [0.1, 0.15) is 394 Å². The van der Waals surface area contributed by atoms with Gasteiger partial charge in [-0.3, -0.25) is 37.3 Å². The Labute approximate surface area is 575 Å². The lowest BCUT2D eigenvalue weighted by atomic mass is 10.0. The van der Waals surface area contributed by atoms with Crippen molar-refractivity contribution in [2.75, 3.05) is 39.6 Å². The number of hydrogen-bond donors (Lipinski definition) is 3. The Balaban J connectivity index is 5.23. The lowest BCUT2D eigenvalue weighted by Gasteiger charge is -2.21. The van der Waals surface area contributed by atoms with Crippen molar-refractivity contribution < 1.29 is 80.2 Å². The number of carbonyl (C=O) groups excluding carboxylic acids is 4. The Morgan fingerprint density at radius 2 is 0.489 bits per heavy atom. The number of phosphoric acid groups is 2. The fourth-order valence-electron chi connectivity index (χ4n) is 11.5. The molecule has 0 aliphatic carbocycles. The van der Waals surface area contributed by atoms with Crippen molar-refractivity contribution in [1.29, 1.82) is 0 Å². The van der Waals surface area contributed by atoms with Crippen LogP contribution < -0.4 is 0 Å². The van der Waals surface area contributed by atoms with Gasteiger partial charge in [-0.1, -0.05) is 343 Å². The highest BCUT2D eigenvalue weighted by Crippen LogP contribution is 2.45. The molecule has 2 unspecified atom stereocenters. The molecule has 0 aliphatic rings. The van der Waals surface area contributed by atoms with E-state index in [0.29, 0.717) is 25.7 Å². The summed E-state index contributed by atoms with van der Waals surface area (Å²) in [6.45, 7) is 7.29. The number of esters is 4. The Morgan fingerprint density at radius 3 is 0.723 bits per heavy atom. The maximum absolute atomic E-state index is 13.1. The molecule has 0 saturated heterocycles. The number of aliphatic hydroxyl groups is 1. The molecule has 0 amide bonds. The van der Waals surface area contributed by atoms with Gasteiger partial charge in [0.25, 0.3) is 0 Å². The molecule has 0 fully saturated rings. The second kappa shape index (κ2) is 68.2. The Bertz CT molecular complexity index is 1810. The highest BCUT2D eigenvalue weighted by molar-refractivity contribution is 7.47. The first-order valence-corrected chi connectivity index (χ1v) is 42.1. The van der Waals surface area contributed by atoms with Crippen LogP contribution in [-0.4, -0.2) is 96.7 Å². The van der Waals surface area contributed by atoms with Gasteiger partial charge in [0.15, 0.2) is 12.2 Å². The minimum atomic E-state index is -4.96. The van der Waals surface area contributed by atoms with E-state index in [0.717, 1.165) is 95.8 Å². The van der Waals surface area contributed by atoms with Crippen LogP contribution in [0.25, 0.3) is 0 Å². The van der Waals surface area contributed by atoms with Crippen LogP contribution in [0.3, 0.4) is 0 Å². The summed E-state index contributed by atoms with van der Waals surface area (Å²) in [5, 5.41) is 10.6. The highest BCUT2D eigenvalue weighted by atomic mass is 31.2. The molecule has 0 aromatic rings. The second-order valence-electron chi connectivity index (χ2n) is 27.5. The molecule has 19 heteroatoms. The van der Waals surface area contributed by atoms with Crippen molar-refractivity contribution in [2.24, 2.45) is 5.92 Å². The number of aliphatic hydroxyl groups excluding tert-OH is 1. The predicted octanol–water partition coefficient (Wildman–Crippen LogP) is 22.1. The summed E-state index contributed by atoms with van der Waals surface area (Å²) < 4.78 is 68.5. The average Bonchev–Trinajstić information content (AvgIpc) is 1.85. The molecule has 0 bridgehead atoms. The van der Waals surface area contributed by atoms with E-state index >= 15 is 0 Å². The molecule has 5 atom stereocenters. The van der Waals surface area contributed by atoms with E-state index in [1.807, 2.05) is 0 Å². The largest absolute Gasteiger partial charge is 0.472 e. The molecular weight excluding hydrogens is 1230 g/mol. The molecule has 0 heterocycles. The van der Waals surface area contributed by atoms with E-state index in [2.05, 4.69) is 34.6 Å². The van der Waals surface area contributed by atoms with Crippen molar-refractivity contribution in [2.45, 2.75) is 412 Å². The minimum Gasteiger partial charge on any atom is -0.462 e. The van der Waals surface area contributed by atoms with E-state index < -0.39 is 97.5 Å². The number of carbonyl (C=O) groups is 4. The lowest BCUT2D eigenvalue weighted by Crippen LogP contribution is -2.30. The average molecular weight is 1380 g/mol. The Hall–Kier alpha value is -1.94. The monoisotopic (exact) mass is 1380 g/mol. The van der Waals surface area contributed by atoms with Gasteiger partial charge in [0.1, 0.15) is 19.3 Å². The van der Waals surface area contributed by atoms with E-state index in [4.69, 9.17) is 37.0 Å². The predicted molar refractivity (Wildman–Crippen MR) is 382 cm³/mol. The van der Waals surface area contributed by atoms with Gasteiger partial charge >= 0.3 is 39.5 Å². The number of rotatable bonds is 75. The van der Waals surface area contributed by atoms with Crippen molar-refractivity contribution >= 4 is 39.5 Å². The number of phosphoric ester groups is 2. The molecule has 0 aromatic heterocycles. The molecule has 0 aromatic carbocycles. The fourth-order valence-corrected chi connectivity index (χ4v) is 13.1. The van der Waals surface area contributed by atoms with E-state index in [1.165, 1.54) is 218 Å². The SMILES string of the molecule is CCCCCCCCCCCCCCCCCCCCC(=O)O[C@H](COC(=O)CCCCCCCCCCCCCC(C)C)COP(=O)(O)OC[C@@H](O)COP(=O)(O)OC[C@@H](COC(=O)CCCCCCCCCCCCC)OC(=O)CCCCCCCCCCCCC. The topological polar surface area (TPSA) is 237 Å². The number of hydrogen-bond acceptors (Lipinski definition) is 15. The van der Waals surface area contributed by atoms with Crippen molar-refractivity contribution in [3.8, 4) is 0 Å². The van der Waals surface area contributed by atoms with Crippen LogP contribution in [0.5, 0.6) is 0 Å². The second-order valence-corrected chi connectivity index (χ2v) is 30.4. The summed E-state index contributed by atoms with van der Waals surface area (Å²) in [6, 6.07) is 0. The van der Waals surface area contributed by atoms with Crippen LogP contribution in [-0.2, 0) is 65.4 Å². The first-order chi connectivity index (χ1) is 45.5. The van der Waals surface area contributed by atoms with Gasteiger partial charge in [0, 0.05) is 25.7 Å². The van der Waals surface area contributed by atoms with Gasteiger partial charge in [0.2, 0.25) is 0 Å². The number of ether oxygens (including phenoxy) is 4. The van der Waals surface area contributed by atoms with Crippen molar-refractivity contribution in [3.05, 3.63) is 0 Å². The smallest absolute Gasteiger partial charge is 0.462 e. The van der Waals surface area contributed by atoms with Crippen LogP contribution in [0.2, 0.25) is 0 Å². The van der Waals surface area contributed by atoms with E-state index in [-0.39, 0.29) is 25.7 Å². The van der Waals surface area contributed by atoms with Gasteiger partial charge in [0.05, 0.1) is 26.4 Å². The van der Waals surface area contributed by atoms with Crippen LogP contribution in [0.15, 0.2) is 0 Å². The Morgan fingerprint density at radius 1 is 0.287 bits per heavy atom. The van der Waals surface area contributed by atoms with Crippen LogP contribution in [0, 0.1) is 5.92 Å². The molecular formula is C75H146O17P2. The molecule has 0 saturated carbocycles. The quantitative estimate of drug-likeness (QED) is 0.0222. The van der Waals surface area contributed by atoms with Crippen molar-refractivity contribution in [1.82, 2.24) is 0 Å². The molecule has 0 radical (unpaired) electrons. The summed E-state index contributed by atoms with van der Waals surface area (Å²) >= 11 is 0. The van der Waals surface area contributed by atoms with Crippen molar-refractivity contribution in [3.63, 3.8) is 0 Å². The summed E-state index contributed by atoms with van der Waals surface area (Å²) in [5.41, 5.74) is 0. The summed E-state index contributed by atoms with van der Waals surface area (Å²) in [7, 11) is -9.91. The fraction of sp³-hybridized carbons (Fsp3) is 0.947. The highest BCUT2D eigenvalue weighted by Gasteiger charge is 2.30. The van der Waals surface area contributed by atoms with Gasteiger partial charge in [-0.2, -0.15) is 0 Å². The van der Waals surface area contributed by atoms with E-state index in [1.54, 1.807) is 0 Å². The molecule has 94 heavy (non-hydrogen) atoms. The zero-order valence-corrected chi connectivity index (χ0v) is 62.9. The van der Waals surface area contributed by atoms with Gasteiger partial charge in [-0.05, 0) is 31.6 Å². The molecule has 0 spiro atoms. The third kappa shape index (κ3) is 68.6. The molecule has 0 rings (SSSR count). The summed E-state index contributed by atoms with van der Waals surface area (Å²) in [4.78, 5) is 72.7. The number of unbranched alkanes of at least 4 members (excludes halogenated alkanes) is 47. The van der Waals surface area contributed by atoms with Gasteiger partial charge in [-0.15, -0.1) is 0 Å². The van der Waals surface area contributed by atoms with Gasteiger partial charge in [-0.25, -0.2) is 9.13 Å². The first-order valence-electron chi connectivity index (χ1n) is 39.1. The first kappa shape index (κ1) is 92.1. The Kier molecular flexibility index (Phi) is 66.8. The van der Waals surface area contributed by atoms with E-state index in [9.17, 15) is 43.2 Å². The van der Waals surface area contributed by atoms with Crippen LogP contribution in [0.4, 0.5) is 0 Å². The maximum atomic E-state index is 13.1. The molecule has 17 nitrogen and oxygen atoms in total. The standard InChI is InChI=1S/C75H146O17P2/c1-6-9-12-15-18-21-24-25-26-27-28-29-30-35-41-46-51-56-61-75(80)92-71(65-86-73(78)59-54-49-44-39-36-31-34-37-42-47-52-57-68(4)5)67-90-94(83,84)88-63-69(76)62-87-93(81,82)89-66-70(91-74(79)60-55-50-45-40-33-23-20-17-14-11-8-3)64-85-72(77)58-53-48-43-38-32-22-19-16-13-10-7-2/h68-71,76H,6-67H2,1-5H3,(H,81,82)(H,83,84)/t69-,70+,71+/m0/s1. The zero-order valence-electron chi connectivity index (χ0n) is 61.1. The van der Waals surface area contributed by atoms with Crippen LogP contribution >= 0.6 is 15.6 Å². The molecule has 0 aliphatic heterocycles. The molecule has 558 valence electrons. The zero-order chi connectivity index (χ0) is 69.1. The lowest BCUT2D eigenvalue weighted by molar-refractivity contribution is -0.161. The van der Waals surface area contributed by atoms with Gasteiger partial charge < -0.3 is 33.8 Å². The minimum absolute atomic E-state index is 0.107.